The molecule has 0 aromatic heterocycles. The molecule has 0 radical (unpaired) electrons. The normalized spacial score (nSPS) is 10.9. The number of para-hydroxylation sites is 2. The van der Waals surface area contributed by atoms with Gasteiger partial charge >= 0.3 is 0 Å². The first-order valence-corrected chi connectivity index (χ1v) is 10.8. The summed E-state index contributed by atoms with van der Waals surface area (Å²) in [7, 11) is -2.65. The number of carbonyl (C=O) groups excluding carboxylic acids is 1. The maximum Gasteiger partial charge on any atom is 0.262 e. The van der Waals surface area contributed by atoms with Crippen LogP contribution in [0.4, 0.5) is 15.8 Å². The summed E-state index contributed by atoms with van der Waals surface area (Å²) >= 11 is 0. The molecule has 9 heteroatoms. The van der Waals surface area contributed by atoms with Gasteiger partial charge in [0, 0.05) is 0 Å². The average Bonchev–Trinajstić information content (AvgIpc) is 2.75. The molecule has 162 valence electrons. The number of carbonyl (C=O) groups is 1. The van der Waals surface area contributed by atoms with Crippen molar-refractivity contribution in [3.05, 3.63) is 78.1 Å². The number of ether oxygens (including phenoxy) is 2. The minimum absolute atomic E-state index is 0.0803. The Hall–Kier alpha value is -3.59. The number of rotatable bonds is 8. The van der Waals surface area contributed by atoms with E-state index in [-0.39, 0.29) is 27.6 Å². The van der Waals surface area contributed by atoms with E-state index in [1.807, 2.05) is 0 Å². The summed E-state index contributed by atoms with van der Waals surface area (Å²) in [6, 6.07) is 16.1. The van der Waals surface area contributed by atoms with E-state index in [2.05, 4.69) is 10.0 Å². The van der Waals surface area contributed by atoms with Gasteiger partial charge in [-0.2, -0.15) is 0 Å². The van der Waals surface area contributed by atoms with E-state index in [0.29, 0.717) is 12.4 Å². The van der Waals surface area contributed by atoms with E-state index in [9.17, 15) is 17.6 Å². The fraction of sp³-hybridized carbons (Fsp3) is 0.136. The zero-order chi connectivity index (χ0) is 22.4. The Kier molecular flexibility index (Phi) is 6.76. The molecule has 0 atom stereocenters. The molecular weight excluding hydrogens is 423 g/mol. The van der Waals surface area contributed by atoms with Gasteiger partial charge in [0.2, 0.25) is 0 Å². The van der Waals surface area contributed by atoms with Crippen molar-refractivity contribution in [1.82, 2.24) is 0 Å². The second-order valence-corrected chi connectivity index (χ2v) is 8.01. The lowest BCUT2D eigenvalue weighted by Crippen LogP contribution is -2.17. The zero-order valence-corrected chi connectivity index (χ0v) is 17.7. The Balaban J connectivity index is 1.92. The van der Waals surface area contributed by atoms with Crippen molar-refractivity contribution in [1.29, 1.82) is 0 Å². The monoisotopic (exact) mass is 444 g/mol. The molecule has 0 saturated carbocycles. The van der Waals surface area contributed by atoms with Crippen molar-refractivity contribution in [2.45, 2.75) is 11.8 Å². The summed E-state index contributed by atoms with van der Waals surface area (Å²) in [5.41, 5.74) is 0.176. The Bertz CT molecular complexity index is 1200. The van der Waals surface area contributed by atoms with E-state index in [1.54, 1.807) is 31.2 Å². The van der Waals surface area contributed by atoms with E-state index >= 15 is 0 Å². The second-order valence-electron chi connectivity index (χ2n) is 6.33. The number of methoxy groups -OCH3 is 1. The zero-order valence-electron chi connectivity index (χ0n) is 16.9. The Morgan fingerprint density at radius 2 is 1.68 bits per heavy atom. The van der Waals surface area contributed by atoms with Crippen LogP contribution in [0.3, 0.4) is 0 Å². The van der Waals surface area contributed by atoms with Gasteiger partial charge in [0.25, 0.3) is 15.9 Å². The first-order valence-electron chi connectivity index (χ1n) is 9.34. The Morgan fingerprint density at radius 1 is 0.968 bits per heavy atom. The highest BCUT2D eigenvalue weighted by atomic mass is 32.2. The van der Waals surface area contributed by atoms with Crippen LogP contribution in [0.2, 0.25) is 0 Å². The van der Waals surface area contributed by atoms with Crippen LogP contribution in [0.25, 0.3) is 0 Å². The highest BCUT2D eigenvalue weighted by molar-refractivity contribution is 7.92. The van der Waals surface area contributed by atoms with Crippen molar-refractivity contribution in [3.8, 4) is 11.5 Å². The van der Waals surface area contributed by atoms with Gasteiger partial charge < -0.3 is 14.8 Å². The molecule has 0 unspecified atom stereocenters. The molecule has 3 aromatic carbocycles. The molecule has 1 amide bonds. The molecule has 0 saturated heterocycles. The van der Waals surface area contributed by atoms with Crippen molar-refractivity contribution >= 4 is 27.3 Å². The molecule has 31 heavy (non-hydrogen) atoms. The fourth-order valence-corrected chi connectivity index (χ4v) is 3.92. The van der Waals surface area contributed by atoms with Gasteiger partial charge in [-0.15, -0.1) is 0 Å². The van der Waals surface area contributed by atoms with E-state index in [4.69, 9.17) is 9.47 Å². The fourth-order valence-electron chi connectivity index (χ4n) is 2.82. The molecule has 0 aliphatic carbocycles. The number of halogens is 1. The molecule has 3 aromatic rings. The first-order chi connectivity index (χ1) is 14.9. The van der Waals surface area contributed by atoms with Gasteiger partial charge in [0.05, 0.1) is 35.6 Å². The molecule has 0 fully saturated rings. The van der Waals surface area contributed by atoms with Gasteiger partial charge in [-0.3, -0.25) is 9.52 Å². The molecule has 2 N–H and O–H groups in total. The van der Waals surface area contributed by atoms with E-state index < -0.39 is 21.7 Å². The summed E-state index contributed by atoms with van der Waals surface area (Å²) in [5, 5.41) is 2.51. The number of hydrogen-bond donors (Lipinski definition) is 2. The maximum absolute atomic E-state index is 13.9. The molecule has 3 rings (SSSR count). The van der Waals surface area contributed by atoms with Crippen LogP contribution in [-0.2, 0) is 10.0 Å². The second kappa shape index (κ2) is 9.48. The van der Waals surface area contributed by atoms with Crippen molar-refractivity contribution in [2.75, 3.05) is 23.8 Å². The summed E-state index contributed by atoms with van der Waals surface area (Å²) < 4.78 is 52.9. The van der Waals surface area contributed by atoms with Gasteiger partial charge in [-0.05, 0) is 49.4 Å². The summed E-state index contributed by atoms with van der Waals surface area (Å²) in [6.07, 6.45) is 0. The minimum atomic E-state index is -4.02. The minimum Gasteiger partial charge on any atom is -0.495 e. The molecule has 0 heterocycles. The molecule has 0 aliphatic heterocycles. The molecule has 0 bridgehead atoms. The lowest BCUT2D eigenvalue weighted by molar-refractivity contribution is 0.102. The highest BCUT2D eigenvalue weighted by Crippen LogP contribution is 2.31. The first kappa shape index (κ1) is 22.1. The average molecular weight is 444 g/mol. The number of nitrogens with one attached hydrogen (secondary N) is 2. The van der Waals surface area contributed by atoms with Crippen molar-refractivity contribution in [3.63, 3.8) is 0 Å². The topological polar surface area (TPSA) is 93.7 Å². The molecule has 0 aliphatic rings. The van der Waals surface area contributed by atoms with Crippen LogP contribution >= 0.6 is 0 Å². The van der Waals surface area contributed by atoms with E-state index in [0.717, 1.165) is 6.07 Å². The maximum atomic E-state index is 13.9. The van der Waals surface area contributed by atoms with Gasteiger partial charge in [0.15, 0.2) is 0 Å². The van der Waals surface area contributed by atoms with Gasteiger partial charge in [-0.1, -0.05) is 24.3 Å². The van der Waals surface area contributed by atoms with Crippen LogP contribution in [0.15, 0.2) is 71.6 Å². The van der Waals surface area contributed by atoms with E-state index in [1.165, 1.54) is 43.5 Å². The smallest absolute Gasteiger partial charge is 0.262 e. The molecule has 7 nitrogen and oxygen atoms in total. The van der Waals surface area contributed by atoms with Crippen LogP contribution in [0, 0.1) is 5.82 Å². The number of amides is 1. The van der Waals surface area contributed by atoms with Crippen LogP contribution in [0.5, 0.6) is 11.5 Å². The Labute approximate surface area is 179 Å². The Morgan fingerprint density at radius 3 is 2.39 bits per heavy atom. The molecule has 0 spiro atoms. The number of anilines is 2. The van der Waals surface area contributed by atoms with Crippen molar-refractivity contribution < 1.29 is 27.1 Å². The standard InChI is InChI=1S/C22H21FN2O5S/c1-3-30-21-11-7-6-10-18(21)25-31(27,28)15-12-13-20(29-2)19(14-15)24-22(26)16-8-4-5-9-17(16)23/h4-14,25H,3H2,1-2H3,(H,24,26). The summed E-state index contributed by atoms with van der Waals surface area (Å²) in [5.74, 6) is -0.828. The third-order valence-corrected chi connectivity index (χ3v) is 5.64. The molecular formula is C22H21FN2O5S. The number of sulfonamides is 1. The number of hydrogen-bond acceptors (Lipinski definition) is 5. The van der Waals surface area contributed by atoms with Gasteiger partial charge in [-0.25, -0.2) is 12.8 Å². The van der Waals surface area contributed by atoms with Gasteiger partial charge in [0.1, 0.15) is 17.3 Å². The quantitative estimate of drug-likeness (QED) is 0.541. The SMILES string of the molecule is CCOc1ccccc1NS(=O)(=O)c1ccc(OC)c(NC(=O)c2ccccc2F)c1. The lowest BCUT2D eigenvalue weighted by Gasteiger charge is -2.15. The summed E-state index contributed by atoms with van der Waals surface area (Å²) in [4.78, 5) is 12.4. The van der Waals surface area contributed by atoms with Crippen LogP contribution in [-0.4, -0.2) is 28.0 Å². The predicted octanol–water partition coefficient (Wildman–Crippen LogP) is 4.29. The summed E-state index contributed by atoms with van der Waals surface area (Å²) in [6.45, 7) is 2.16. The van der Waals surface area contributed by atoms with Crippen LogP contribution < -0.4 is 19.5 Å². The largest absolute Gasteiger partial charge is 0.495 e. The number of benzene rings is 3. The lowest BCUT2D eigenvalue weighted by atomic mass is 10.2. The highest BCUT2D eigenvalue weighted by Gasteiger charge is 2.20. The predicted molar refractivity (Wildman–Crippen MR) is 116 cm³/mol. The third-order valence-electron chi connectivity index (χ3n) is 4.28. The van der Waals surface area contributed by atoms with Crippen molar-refractivity contribution in [2.24, 2.45) is 0 Å². The van der Waals surface area contributed by atoms with Crippen LogP contribution in [0.1, 0.15) is 17.3 Å². The third kappa shape index (κ3) is 5.13.